The minimum atomic E-state index is -0.302. The van der Waals surface area contributed by atoms with Crippen molar-refractivity contribution in [1.29, 1.82) is 0 Å². The molecule has 0 saturated heterocycles. The minimum absolute atomic E-state index is 0.302. The molecular weight excluding hydrogens is 250 g/mol. The van der Waals surface area contributed by atoms with Crippen LogP contribution in [-0.2, 0) is 17.8 Å². The van der Waals surface area contributed by atoms with E-state index in [4.69, 9.17) is 0 Å². The van der Waals surface area contributed by atoms with Crippen LogP contribution in [0, 0.1) is 6.92 Å². The number of nitrogens with one attached hydrogen (secondary N) is 1. The minimum Gasteiger partial charge on any atom is -0.465 e. The topological polar surface area (TPSA) is 38.3 Å². The van der Waals surface area contributed by atoms with Crippen molar-refractivity contribution in [3.8, 4) is 0 Å². The Balaban J connectivity index is 1.86. The Hall–Kier alpha value is -2.13. The standard InChI is InChI=1S/C17H19NO2/c1-13-4-3-5-15(10-13)12-18-11-14-6-8-16(9-7-14)17(19)20-2/h3-10,18H,11-12H2,1-2H3. The molecule has 0 spiro atoms. The average molecular weight is 269 g/mol. The van der Waals surface area contributed by atoms with Gasteiger partial charge >= 0.3 is 5.97 Å². The highest BCUT2D eigenvalue weighted by Crippen LogP contribution is 2.07. The Labute approximate surface area is 119 Å². The van der Waals surface area contributed by atoms with E-state index in [1.807, 2.05) is 12.1 Å². The number of hydrogen-bond donors (Lipinski definition) is 1. The van der Waals surface area contributed by atoms with Crippen molar-refractivity contribution in [3.63, 3.8) is 0 Å². The molecule has 0 atom stereocenters. The molecule has 0 unspecified atom stereocenters. The van der Waals surface area contributed by atoms with Crippen LogP contribution in [0.25, 0.3) is 0 Å². The summed E-state index contributed by atoms with van der Waals surface area (Å²) in [6, 6.07) is 15.9. The van der Waals surface area contributed by atoms with E-state index in [-0.39, 0.29) is 5.97 Å². The largest absolute Gasteiger partial charge is 0.465 e. The molecule has 20 heavy (non-hydrogen) atoms. The van der Waals surface area contributed by atoms with Crippen LogP contribution in [0.5, 0.6) is 0 Å². The van der Waals surface area contributed by atoms with Gasteiger partial charge in [0, 0.05) is 13.1 Å². The predicted molar refractivity (Wildman–Crippen MR) is 79.5 cm³/mol. The summed E-state index contributed by atoms with van der Waals surface area (Å²) in [7, 11) is 1.39. The number of hydrogen-bond acceptors (Lipinski definition) is 3. The van der Waals surface area contributed by atoms with Crippen LogP contribution < -0.4 is 5.32 Å². The molecule has 0 radical (unpaired) electrons. The molecule has 2 aromatic rings. The van der Waals surface area contributed by atoms with Gasteiger partial charge in [0.05, 0.1) is 12.7 Å². The highest BCUT2D eigenvalue weighted by molar-refractivity contribution is 5.89. The molecule has 0 aromatic heterocycles. The molecule has 3 nitrogen and oxygen atoms in total. The van der Waals surface area contributed by atoms with Crippen LogP contribution in [0.1, 0.15) is 27.0 Å². The van der Waals surface area contributed by atoms with Crippen LogP contribution in [0.4, 0.5) is 0 Å². The third-order valence-electron chi connectivity index (χ3n) is 3.12. The lowest BCUT2D eigenvalue weighted by molar-refractivity contribution is 0.0600. The molecule has 2 rings (SSSR count). The van der Waals surface area contributed by atoms with Gasteiger partial charge in [-0.3, -0.25) is 0 Å². The average Bonchev–Trinajstić information content (AvgIpc) is 2.47. The van der Waals surface area contributed by atoms with Gasteiger partial charge in [-0.05, 0) is 30.2 Å². The zero-order valence-electron chi connectivity index (χ0n) is 11.8. The summed E-state index contributed by atoms with van der Waals surface area (Å²) in [5.41, 5.74) is 4.27. The van der Waals surface area contributed by atoms with Crippen LogP contribution >= 0.6 is 0 Å². The molecule has 0 aliphatic carbocycles. The van der Waals surface area contributed by atoms with Crippen molar-refractivity contribution in [2.45, 2.75) is 20.0 Å². The summed E-state index contributed by atoms with van der Waals surface area (Å²) in [4.78, 5) is 11.3. The van der Waals surface area contributed by atoms with Crippen LogP contribution in [0.15, 0.2) is 48.5 Å². The van der Waals surface area contributed by atoms with E-state index in [1.165, 1.54) is 18.2 Å². The lowest BCUT2D eigenvalue weighted by Gasteiger charge is -2.06. The van der Waals surface area contributed by atoms with Crippen LogP contribution in [-0.4, -0.2) is 13.1 Å². The number of benzene rings is 2. The Morgan fingerprint density at radius 2 is 1.75 bits per heavy atom. The van der Waals surface area contributed by atoms with Gasteiger partial charge < -0.3 is 10.1 Å². The molecule has 0 fully saturated rings. The van der Waals surface area contributed by atoms with E-state index in [1.54, 1.807) is 12.1 Å². The van der Waals surface area contributed by atoms with Gasteiger partial charge in [-0.15, -0.1) is 0 Å². The first-order valence-corrected chi connectivity index (χ1v) is 6.62. The maximum Gasteiger partial charge on any atom is 0.337 e. The number of esters is 1. The van der Waals surface area contributed by atoms with Crippen molar-refractivity contribution >= 4 is 5.97 Å². The second-order valence-electron chi connectivity index (χ2n) is 4.78. The Kier molecular flexibility index (Phi) is 4.91. The summed E-state index contributed by atoms with van der Waals surface area (Å²) in [6.07, 6.45) is 0. The predicted octanol–water partition coefficient (Wildman–Crippen LogP) is 3.07. The fourth-order valence-corrected chi connectivity index (χ4v) is 2.05. The fourth-order valence-electron chi connectivity index (χ4n) is 2.05. The maximum absolute atomic E-state index is 11.3. The van der Waals surface area contributed by atoms with Crippen LogP contribution in [0.3, 0.4) is 0 Å². The van der Waals surface area contributed by atoms with E-state index in [2.05, 4.69) is 41.2 Å². The van der Waals surface area contributed by atoms with Crippen LogP contribution in [0.2, 0.25) is 0 Å². The summed E-state index contributed by atoms with van der Waals surface area (Å²) >= 11 is 0. The molecular formula is C17H19NO2. The third-order valence-corrected chi connectivity index (χ3v) is 3.12. The number of rotatable bonds is 5. The second kappa shape index (κ2) is 6.87. The Bertz CT molecular complexity index is 576. The lowest BCUT2D eigenvalue weighted by atomic mass is 10.1. The number of aryl methyl sites for hydroxylation is 1. The second-order valence-corrected chi connectivity index (χ2v) is 4.78. The van der Waals surface area contributed by atoms with Gasteiger partial charge in [-0.2, -0.15) is 0 Å². The van der Waals surface area contributed by atoms with Gasteiger partial charge in [-0.25, -0.2) is 4.79 Å². The molecule has 0 amide bonds. The lowest BCUT2D eigenvalue weighted by Crippen LogP contribution is -2.13. The maximum atomic E-state index is 11.3. The summed E-state index contributed by atoms with van der Waals surface area (Å²) in [6.45, 7) is 3.70. The van der Waals surface area contributed by atoms with Gasteiger partial charge in [0.2, 0.25) is 0 Å². The molecule has 0 saturated carbocycles. The van der Waals surface area contributed by atoms with Crippen molar-refractivity contribution in [2.75, 3.05) is 7.11 Å². The first-order chi connectivity index (χ1) is 9.69. The molecule has 0 bridgehead atoms. The summed E-state index contributed by atoms with van der Waals surface area (Å²) in [5, 5.41) is 3.39. The van der Waals surface area contributed by atoms with Gasteiger partial charge in [0.1, 0.15) is 0 Å². The molecule has 2 aromatic carbocycles. The molecule has 1 N–H and O–H groups in total. The molecule has 0 heterocycles. The number of ether oxygens (including phenoxy) is 1. The first kappa shape index (κ1) is 14.3. The first-order valence-electron chi connectivity index (χ1n) is 6.62. The number of carbonyl (C=O) groups is 1. The zero-order chi connectivity index (χ0) is 14.4. The highest BCUT2D eigenvalue weighted by Gasteiger charge is 2.03. The molecule has 0 aliphatic rings. The van der Waals surface area contributed by atoms with Gasteiger partial charge in [0.25, 0.3) is 0 Å². The smallest absolute Gasteiger partial charge is 0.337 e. The van der Waals surface area contributed by atoms with E-state index >= 15 is 0 Å². The summed E-state index contributed by atoms with van der Waals surface area (Å²) < 4.78 is 4.67. The molecule has 104 valence electrons. The summed E-state index contributed by atoms with van der Waals surface area (Å²) in [5.74, 6) is -0.302. The number of carbonyl (C=O) groups excluding carboxylic acids is 1. The molecule has 0 aliphatic heterocycles. The Morgan fingerprint density at radius 3 is 2.40 bits per heavy atom. The van der Waals surface area contributed by atoms with Gasteiger partial charge in [-0.1, -0.05) is 42.0 Å². The highest BCUT2D eigenvalue weighted by atomic mass is 16.5. The molecule has 3 heteroatoms. The third kappa shape index (κ3) is 3.93. The quantitative estimate of drug-likeness (QED) is 0.848. The van der Waals surface area contributed by atoms with E-state index in [0.717, 1.165) is 18.7 Å². The zero-order valence-corrected chi connectivity index (χ0v) is 11.8. The van der Waals surface area contributed by atoms with E-state index in [0.29, 0.717) is 5.56 Å². The van der Waals surface area contributed by atoms with Crippen molar-refractivity contribution in [3.05, 3.63) is 70.8 Å². The van der Waals surface area contributed by atoms with Crippen molar-refractivity contribution in [1.82, 2.24) is 5.32 Å². The normalized spacial score (nSPS) is 10.3. The monoisotopic (exact) mass is 269 g/mol. The SMILES string of the molecule is COC(=O)c1ccc(CNCc2cccc(C)c2)cc1. The van der Waals surface area contributed by atoms with Gasteiger partial charge in [0.15, 0.2) is 0 Å². The number of methoxy groups -OCH3 is 1. The fraction of sp³-hybridized carbons (Fsp3) is 0.235. The Morgan fingerprint density at radius 1 is 1.05 bits per heavy atom. The van der Waals surface area contributed by atoms with E-state index < -0.39 is 0 Å². The van der Waals surface area contributed by atoms with Crippen molar-refractivity contribution in [2.24, 2.45) is 0 Å². The van der Waals surface area contributed by atoms with Crippen molar-refractivity contribution < 1.29 is 9.53 Å². The van der Waals surface area contributed by atoms with E-state index in [9.17, 15) is 4.79 Å².